The number of imidazole rings is 2. The second kappa shape index (κ2) is 18.9. The van der Waals surface area contributed by atoms with Gasteiger partial charge in [-0.3, -0.25) is 0 Å². The lowest BCUT2D eigenvalue weighted by Crippen LogP contribution is -2.39. The van der Waals surface area contributed by atoms with Crippen molar-refractivity contribution < 1.29 is 47.5 Å². The Morgan fingerprint density at radius 3 is 1.37 bits per heavy atom. The standard InChI is InChI=1S/C31H52N8O8Si2/c1-25-20-26(2)29(22-39-17-15-37(24-39)13-5-9-33-31(41)35-11-7-19-49(45,46)47)27(3)28(25)21-38-16-14-36(23-38)12-4-8-32-30(40)34-10-6-18-48(42,43)44/h14-17,20,23-24,42-47H,4-13,18-19,21-22H2,1-3H3,(H2-2,32,33,34,35,40,41)/p+2. The predicted molar refractivity (Wildman–Crippen MR) is 184 cm³/mol. The van der Waals surface area contributed by atoms with E-state index in [1.807, 2.05) is 24.8 Å². The third-order valence-corrected chi connectivity index (χ3v) is 10.2. The molecule has 3 rings (SSSR count). The molecule has 0 saturated heterocycles. The summed E-state index contributed by atoms with van der Waals surface area (Å²) in [6, 6.07) is 1.37. The molecule has 0 fully saturated rings. The van der Waals surface area contributed by atoms with Crippen LogP contribution >= 0.6 is 0 Å². The summed E-state index contributed by atoms with van der Waals surface area (Å²) in [5, 5.41) is 10.9. The molecule has 2 heterocycles. The van der Waals surface area contributed by atoms with E-state index in [4.69, 9.17) is 28.8 Å². The van der Waals surface area contributed by atoms with Crippen LogP contribution in [0.4, 0.5) is 9.59 Å². The highest BCUT2D eigenvalue weighted by Gasteiger charge is 2.26. The molecular formula is C31H54N8O8Si2+2. The molecule has 1 aromatic carbocycles. The highest BCUT2D eigenvalue weighted by Crippen LogP contribution is 2.22. The van der Waals surface area contributed by atoms with Crippen molar-refractivity contribution in [2.45, 2.75) is 84.7 Å². The van der Waals surface area contributed by atoms with Gasteiger partial charge in [0, 0.05) is 51.1 Å². The van der Waals surface area contributed by atoms with Crippen LogP contribution in [0, 0.1) is 20.8 Å². The van der Waals surface area contributed by atoms with Crippen molar-refractivity contribution in [1.29, 1.82) is 0 Å². The molecule has 16 nitrogen and oxygen atoms in total. The van der Waals surface area contributed by atoms with Crippen LogP contribution in [0.25, 0.3) is 0 Å². The number of hydrogen-bond donors (Lipinski definition) is 10. The Balaban J connectivity index is 1.44. The molecule has 0 spiro atoms. The van der Waals surface area contributed by atoms with Gasteiger partial charge in [0.1, 0.15) is 37.9 Å². The van der Waals surface area contributed by atoms with Gasteiger partial charge >= 0.3 is 29.7 Å². The number of carbonyl (C=O) groups excluding carboxylic acids is 2. The minimum atomic E-state index is -4.06. The first-order valence-electron chi connectivity index (χ1n) is 16.7. The van der Waals surface area contributed by atoms with E-state index in [2.05, 4.69) is 79.0 Å². The highest BCUT2D eigenvalue weighted by atomic mass is 28.4. The normalized spacial score (nSPS) is 11.9. The third kappa shape index (κ3) is 15.2. The number of aromatic nitrogens is 4. The number of urea groups is 2. The van der Waals surface area contributed by atoms with Gasteiger partial charge in [0.2, 0.25) is 12.7 Å². The first-order valence-corrected chi connectivity index (χ1v) is 20.8. The monoisotopic (exact) mass is 722 g/mol. The summed E-state index contributed by atoms with van der Waals surface area (Å²) in [5.41, 5.74) is 6.30. The highest BCUT2D eigenvalue weighted by molar-refractivity contribution is 6.56. The van der Waals surface area contributed by atoms with Gasteiger partial charge in [0.15, 0.2) is 0 Å². The van der Waals surface area contributed by atoms with Crippen molar-refractivity contribution in [3.8, 4) is 0 Å². The molecule has 272 valence electrons. The average molecular weight is 723 g/mol. The topological polar surface area (TPSA) is 221 Å². The first-order chi connectivity index (χ1) is 23.1. The van der Waals surface area contributed by atoms with Crippen molar-refractivity contribution in [3.63, 3.8) is 0 Å². The molecule has 4 amide bonds. The first kappa shape index (κ1) is 39.8. The fourth-order valence-corrected chi connectivity index (χ4v) is 6.86. The van der Waals surface area contributed by atoms with Crippen molar-refractivity contribution in [1.82, 2.24) is 30.4 Å². The van der Waals surface area contributed by atoms with Crippen LogP contribution in [-0.2, 0) is 26.2 Å². The number of hydrogen-bond acceptors (Lipinski definition) is 8. The van der Waals surface area contributed by atoms with Crippen molar-refractivity contribution in [2.75, 3.05) is 26.2 Å². The molecule has 10 N–H and O–H groups in total. The van der Waals surface area contributed by atoms with Gasteiger partial charge in [-0.15, -0.1) is 0 Å². The van der Waals surface area contributed by atoms with Gasteiger partial charge in [-0.2, -0.15) is 0 Å². The van der Waals surface area contributed by atoms with E-state index in [0.29, 0.717) is 25.9 Å². The van der Waals surface area contributed by atoms with Crippen molar-refractivity contribution in [3.05, 3.63) is 71.3 Å². The van der Waals surface area contributed by atoms with Crippen LogP contribution in [0.2, 0.25) is 12.1 Å². The van der Waals surface area contributed by atoms with Crippen molar-refractivity contribution in [2.24, 2.45) is 0 Å². The fourth-order valence-electron chi connectivity index (χ4n) is 5.56. The number of nitrogens with one attached hydrogen (secondary N) is 4. The zero-order chi connectivity index (χ0) is 36.0. The Morgan fingerprint density at radius 2 is 1.00 bits per heavy atom. The largest absolute Gasteiger partial charge is 0.492 e. The minimum absolute atomic E-state index is 0.111. The Hall–Kier alpha value is -3.63. The van der Waals surface area contributed by atoms with E-state index in [-0.39, 0.29) is 37.2 Å². The van der Waals surface area contributed by atoms with E-state index in [9.17, 15) is 9.59 Å². The number of nitrogens with zero attached hydrogens (tertiary/aromatic N) is 4. The maximum atomic E-state index is 11.9. The summed E-state index contributed by atoms with van der Waals surface area (Å²) in [5.74, 6) is 0. The quantitative estimate of drug-likeness (QED) is 0.0390. The summed E-state index contributed by atoms with van der Waals surface area (Å²) in [7, 11) is -8.12. The maximum absolute atomic E-state index is 11.9. The fraction of sp³-hybridized carbons (Fsp3) is 0.548. The van der Waals surface area contributed by atoms with Crippen LogP contribution in [-0.4, -0.2) is 93.8 Å². The number of benzene rings is 1. The maximum Gasteiger partial charge on any atom is 0.492 e. The van der Waals surface area contributed by atoms with E-state index in [1.165, 1.54) is 27.8 Å². The van der Waals surface area contributed by atoms with E-state index in [0.717, 1.165) is 39.0 Å². The SMILES string of the molecule is Cc1cc(C)c(C[n+]2ccn(CCCNC(=O)NCCC[Si](O)(O)O)c2)c(C)c1C[n+]1ccn(CCCNC(=O)NCCC[Si](O)(O)O)c1. The number of aryl methyl sites for hydroxylation is 4. The molecule has 2 aromatic heterocycles. The average Bonchev–Trinajstić information content (AvgIpc) is 3.66. The lowest BCUT2D eigenvalue weighted by molar-refractivity contribution is -0.689. The van der Waals surface area contributed by atoms with E-state index < -0.39 is 17.6 Å². The predicted octanol–water partition coefficient (Wildman–Crippen LogP) is -1.12. The number of amides is 4. The zero-order valence-corrected chi connectivity index (χ0v) is 30.7. The van der Waals surface area contributed by atoms with Crippen LogP contribution < -0.4 is 30.4 Å². The van der Waals surface area contributed by atoms with Crippen LogP contribution in [0.5, 0.6) is 0 Å². The lowest BCUT2D eigenvalue weighted by Gasteiger charge is -2.15. The molecule has 0 unspecified atom stereocenters. The van der Waals surface area contributed by atoms with Gasteiger partial charge in [-0.25, -0.2) is 27.9 Å². The molecule has 18 heteroatoms. The number of rotatable bonds is 20. The molecule has 0 radical (unpaired) electrons. The van der Waals surface area contributed by atoms with Crippen LogP contribution in [0.3, 0.4) is 0 Å². The van der Waals surface area contributed by atoms with Crippen LogP contribution in [0.15, 0.2) is 43.5 Å². The molecule has 0 saturated carbocycles. The minimum Gasteiger partial charge on any atom is -0.390 e. The molecule has 3 aromatic rings. The Bertz CT molecular complexity index is 1400. The second-order valence-corrected chi connectivity index (χ2v) is 16.7. The summed E-state index contributed by atoms with van der Waals surface area (Å²) in [4.78, 5) is 77.9. The Morgan fingerprint density at radius 1 is 0.633 bits per heavy atom. The van der Waals surface area contributed by atoms with Gasteiger partial charge in [-0.1, -0.05) is 6.07 Å². The molecule has 0 bridgehead atoms. The molecule has 0 atom stereocenters. The summed E-state index contributed by atoms with van der Waals surface area (Å²) in [6.07, 6.45) is 14.3. The zero-order valence-electron chi connectivity index (χ0n) is 28.7. The van der Waals surface area contributed by atoms with Gasteiger partial charge in [0.05, 0.1) is 13.1 Å². The summed E-state index contributed by atoms with van der Waals surface area (Å²) < 4.78 is 8.49. The van der Waals surface area contributed by atoms with Crippen LogP contribution in [0.1, 0.15) is 53.5 Å². The van der Waals surface area contributed by atoms with Gasteiger partial charge < -0.3 is 50.0 Å². The van der Waals surface area contributed by atoms with Crippen molar-refractivity contribution >= 4 is 29.7 Å². The summed E-state index contributed by atoms with van der Waals surface area (Å²) >= 11 is 0. The molecule has 0 aliphatic carbocycles. The molecule has 0 aliphatic rings. The Kier molecular flexibility index (Phi) is 15.4. The lowest BCUT2D eigenvalue weighted by atomic mass is 9.93. The van der Waals surface area contributed by atoms with E-state index >= 15 is 0 Å². The molecular weight excluding hydrogens is 669 g/mol. The molecule has 0 aliphatic heterocycles. The second-order valence-electron chi connectivity index (χ2n) is 12.6. The van der Waals surface area contributed by atoms with Gasteiger partial charge in [-0.05, 0) is 61.4 Å². The third-order valence-electron chi connectivity index (χ3n) is 8.17. The van der Waals surface area contributed by atoms with Gasteiger partial charge in [0.25, 0.3) is 0 Å². The summed E-state index contributed by atoms with van der Waals surface area (Å²) in [6.45, 7) is 10.9. The number of carbonyl (C=O) groups is 2. The smallest absolute Gasteiger partial charge is 0.390 e. The molecule has 49 heavy (non-hydrogen) atoms. The van der Waals surface area contributed by atoms with E-state index in [1.54, 1.807) is 0 Å². The Labute approximate surface area is 289 Å².